The van der Waals surface area contributed by atoms with E-state index in [0.29, 0.717) is 18.0 Å². The molecule has 0 saturated heterocycles. The molecule has 0 amide bonds. The fraction of sp³-hybridized carbons (Fsp3) is 0.294. The Labute approximate surface area is 118 Å². The molecule has 2 aliphatic rings. The number of fused-ring (bicyclic) bond motifs is 7. The highest BCUT2D eigenvalue weighted by molar-refractivity contribution is 6.18. The van der Waals surface area contributed by atoms with Crippen LogP contribution in [0.15, 0.2) is 48.5 Å². The van der Waals surface area contributed by atoms with Gasteiger partial charge in [0.25, 0.3) is 0 Å². The summed E-state index contributed by atoms with van der Waals surface area (Å²) in [6, 6.07) is 18.7. The third kappa shape index (κ3) is 1.58. The summed E-state index contributed by atoms with van der Waals surface area (Å²) in [5.74, 6) is 0.698. The Morgan fingerprint density at radius 3 is 2.42 bits per heavy atom. The molecule has 19 heavy (non-hydrogen) atoms. The molecule has 0 N–H and O–H groups in total. The molecule has 0 spiro atoms. The van der Waals surface area contributed by atoms with Crippen molar-refractivity contribution in [3.63, 3.8) is 0 Å². The number of hydrogen-bond acceptors (Lipinski definition) is 1. The van der Waals surface area contributed by atoms with Crippen LogP contribution in [0, 0.1) is 0 Å². The summed E-state index contributed by atoms with van der Waals surface area (Å²) in [6.45, 7) is 0.958. The number of halogens is 1. The Morgan fingerprint density at radius 1 is 0.947 bits per heavy atom. The van der Waals surface area contributed by atoms with Crippen LogP contribution in [0.2, 0.25) is 0 Å². The van der Waals surface area contributed by atoms with Crippen LogP contribution in [0.3, 0.4) is 0 Å². The first-order chi connectivity index (χ1) is 9.40. The molecule has 4 rings (SSSR count). The van der Waals surface area contributed by atoms with E-state index in [-0.39, 0.29) is 0 Å². The van der Waals surface area contributed by atoms with Gasteiger partial charge in [0.15, 0.2) is 0 Å². The zero-order valence-corrected chi connectivity index (χ0v) is 11.5. The van der Waals surface area contributed by atoms with E-state index in [1.165, 1.54) is 22.3 Å². The maximum Gasteiger partial charge on any atom is 0.0613 e. The van der Waals surface area contributed by atoms with Gasteiger partial charge in [-0.3, -0.25) is 4.90 Å². The van der Waals surface area contributed by atoms with Crippen LogP contribution >= 0.6 is 11.6 Å². The van der Waals surface area contributed by atoms with Gasteiger partial charge in [0.1, 0.15) is 0 Å². The van der Waals surface area contributed by atoms with Crippen molar-refractivity contribution in [2.24, 2.45) is 0 Å². The average Bonchev–Trinajstić information content (AvgIpc) is 2.67. The Balaban J connectivity index is 1.92. The Bertz CT molecular complexity index is 611. The van der Waals surface area contributed by atoms with Crippen molar-refractivity contribution in [1.82, 2.24) is 4.90 Å². The van der Waals surface area contributed by atoms with Crippen LogP contribution in [-0.4, -0.2) is 17.3 Å². The van der Waals surface area contributed by atoms with Crippen molar-refractivity contribution < 1.29 is 0 Å². The smallest absolute Gasteiger partial charge is 0.0613 e. The third-order valence-electron chi connectivity index (χ3n) is 4.49. The number of benzene rings is 2. The zero-order chi connectivity index (χ0) is 12.8. The number of hydrogen-bond donors (Lipinski definition) is 0. The molecule has 2 aromatic carbocycles. The number of rotatable bonds is 2. The molecule has 0 fully saturated rings. The Morgan fingerprint density at radius 2 is 1.63 bits per heavy atom. The molecule has 2 aliphatic heterocycles. The van der Waals surface area contributed by atoms with Gasteiger partial charge in [0, 0.05) is 18.5 Å². The molecule has 2 unspecified atom stereocenters. The molecule has 96 valence electrons. The van der Waals surface area contributed by atoms with E-state index in [0.717, 1.165) is 13.0 Å². The topological polar surface area (TPSA) is 3.24 Å². The van der Waals surface area contributed by atoms with Crippen molar-refractivity contribution in [1.29, 1.82) is 0 Å². The molecule has 0 aromatic heterocycles. The van der Waals surface area contributed by atoms with Crippen LogP contribution < -0.4 is 0 Å². The maximum absolute atomic E-state index is 6.02. The predicted molar refractivity (Wildman–Crippen MR) is 78.6 cm³/mol. The summed E-state index contributed by atoms with van der Waals surface area (Å²) < 4.78 is 0. The molecule has 2 heteroatoms. The summed E-state index contributed by atoms with van der Waals surface area (Å²) in [4.78, 5) is 2.57. The second-order valence-corrected chi connectivity index (χ2v) is 5.75. The summed E-state index contributed by atoms with van der Waals surface area (Å²) >= 11 is 6.02. The minimum Gasteiger partial charge on any atom is -0.284 e. The first-order valence-electron chi connectivity index (χ1n) is 6.88. The normalized spacial score (nSPS) is 24.1. The Kier molecular flexibility index (Phi) is 2.64. The second-order valence-electron chi connectivity index (χ2n) is 5.38. The first kappa shape index (κ1) is 11.5. The van der Waals surface area contributed by atoms with E-state index >= 15 is 0 Å². The standard InChI is InChI=1S/C17H16ClN/c18-9-10-19-16-11-12-5-1-2-6-13(12)17(19)15-8-4-3-7-14(15)16/h1-8,16-17H,9-11H2. The largest absolute Gasteiger partial charge is 0.284 e. The second kappa shape index (κ2) is 4.36. The third-order valence-corrected chi connectivity index (χ3v) is 4.66. The van der Waals surface area contributed by atoms with E-state index < -0.39 is 0 Å². The highest BCUT2D eigenvalue weighted by atomic mass is 35.5. The lowest BCUT2D eigenvalue weighted by atomic mass is 9.92. The van der Waals surface area contributed by atoms with Crippen molar-refractivity contribution in [2.45, 2.75) is 18.5 Å². The van der Waals surface area contributed by atoms with Crippen molar-refractivity contribution in [2.75, 3.05) is 12.4 Å². The number of alkyl halides is 1. The fourth-order valence-electron chi connectivity index (χ4n) is 3.75. The van der Waals surface area contributed by atoms with Crippen molar-refractivity contribution in [3.05, 3.63) is 70.8 Å². The van der Waals surface area contributed by atoms with Crippen LogP contribution in [0.25, 0.3) is 0 Å². The van der Waals surface area contributed by atoms with Crippen LogP contribution in [0.4, 0.5) is 0 Å². The van der Waals surface area contributed by atoms with Gasteiger partial charge in [-0.2, -0.15) is 0 Å². The van der Waals surface area contributed by atoms with Crippen LogP contribution in [0.1, 0.15) is 34.3 Å². The lowest BCUT2D eigenvalue weighted by Crippen LogP contribution is -2.34. The molecular weight excluding hydrogens is 254 g/mol. The Hall–Kier alpha value is -1.31. The summed E-state index contributed by atoms with van der Waals surface area (Å²) in [5, 5.41) is 0. The molecule has 2 atom stereocenters. The summed E-state index contributed by atoms with van der Waals surface area (Å²) in [7, 11) is 0. The quantitative estimate of drug-likeness (QED) is 0.747. The van der Waals surface area contributed by atoms with E-state index in [2.05, 4.69) is 53.4 Å². The van der Waals surface area contributed by atoms with Crippen LogP contribution in [0.5, 0.6) is 0 Å². The van der Waals surface area contributed by atoms with Gasteiger partial charge in [0.05, 0.1) is 6.04 Å². The minimum absolute atomic E-state index is 0.407. The average molecular weight is 270 g/mol. The highest BCUT2D eigenvalue weighted by Gasteiger charge is 2.42. The maximum atomic E-state index is 6.02. The molecule has 2 bridgehead atoms. The van der Waals surface area contributed by atoms with Gasteiger partial charge in [-0.1, -0.05) is 48.5 Å². The van der Waals surface area contributed by atoms with Gasteiger partial charge < -0.3 is 0 Å². The summed E-state index contributed by atoms with van der Waals surface area (Å²) in [5.41, 5.74) is 5.93. The lowest BCUT2D eigenvalue weighted by Gasteiger charge is -2.36. The van der Waals surface area contributed by atoms with E-state index in [1.807, 2.05) is 0 Å². The van der Waals surface area contributed by atoms with Gasteiger partial charge in [-0.25, -0.2) is 0 Å². The van der Waals surface area contributed by atoms with E-state index in [9.17, 15) is 0 Å². The molecule has 2 aromatic rings. The van der Waals surface area contributed by atoms with Gasteiger partial charge >= 0.3 is 0 Å². The molecule has 0 saturated carbocycles. The molecule has 0 radical (unpaired) electrons. The highest BCUT2D eigenvalue weighted by Crippen LogP contribution is 2.51. The molecular formula is C17H16ClN. The molecule has 2 heterocycles. The molecule has 0 aliphatic carbocycles. The number of nitrogens with zero attached hydrogens (tertiary/aromatic N) is 1. The molecule has 1 nitrogen and oxygen atoms in total. The van der Waals surface area contributed by atoms with Gasteiger partial charge in [-0.15, -0.1) is 11.6 Å². The summed E-state index contributed by atoms with van der Waals surface area (Å²) in [6.07, 6.45) is 1.11. The minimum atomic E-state index is 0.407. The first-order valence-corrected chi connectivity index (χ1v) is 7.42. The SMILES string of the molecule is ClCCN1C2Cc3ccccc3C1c1ccccc12. The van der Waals surface area contributed by atoms with Gasteiger partial charge in [-0.05, 0) is 28.7 Å². The monoisotopic (exact) mass is 269 g/mol. The van der Waals surface area contributed by atoms with Crippen molar-refractivity contribution >= 4 is 11.6 Å². The van der Waals surface area contributed by atoms with E-state index in [4.69, 9.17) is 11.6 Å². The van der Waals surface area contributed by atoms with Gasteiger partial charge in [0.2, 0.25) is 0 Å². The van der Waals surface area contributed by atoms with Crippen molar-refractivity contribution in [3.8, 4) is 0 Å². The predicted octanol–water partition coefficient (Wildman–Crippen LogP) is 3.93. The zero-order valence-electron chi connectivity index (χ0n) is 10.7. The lowest BCUT2D eigenvalue weighted by molar-refractivity contribution is 0.179. The fourth-order valence-corrected chi connectivity index (χ4v) is 3.95. The van der Waals surface area contributed by atoms with Crippen LogP contribution in [-0.2, 0) is 6.42 Å². The van der Waals surface area contributed by atoms with E-state index in [1.54, 1.807) is 0 Å².